The van der Waals surface area contributed by atoms with E-state index in [4.69, 9.17) is 9.97 Å². The van der Waals surface area contributed by atoms with Crippen molar-refractivity contribution in [2.24, 2.45) is 0 Å². The normalized spacial score (nSPS) is 11.3. The molecular weight excluding hydrogens is 725 g/mol. The van der Waals surface area contributed by atoms with Crippen molar-refractivity contribution in [3.8, 4) is 78.4 Å². The first kappa shape index (κ1) is 35.2. The van der Waals surface area contributed by atoms with Gasteiger partial charge in [0.1, 0.15) is 0 Å². The molecule has 0 saturated heterocycles. The van der Waals surface area contributed by atoms with Crippen LogP contribution in [0.3, 0.4) is 0 Å². The van der Waals surface area contributed by atoms with Gasteiger partial charge in [-0.05, 0) is 107 Å². The zero-order valence-electron chi connectivity index (χ0n) is 32.8. The van der Waals surface area contributed by atoms with Crippen LogP contribution in [-0.4, -0.2) is 9.97 Å². The van der Waals surface area contributed by atoms with Crippen molar-refractivity contribution >= 4 is 32.3 Å². The Balaban J connectivity index is 1.04. The molecule has 280 valence electrons. The largest absolute Gasteiger partial charge is 0.228 e. The number of hydrogen-bond donors (Lipinski definition) is 0. The van der Waals surface area contributed by atoms with Crippen molar-refractivity contribution in [2.75, 3.05) is 0 Å². The second kappa shape index (κ2) is 15.1. The average molecular weight is 763 g/mol. The van der Waals surface area contributed by atoms with Gasteiger partial charge in [0.05, 0.1) is 11.4 Å². The Morgan fingerprint density at radius 3 is 1.45 bits per heavy atom. The fraction of sp³-hybridized carbons (Fsp3) is 0. The van der Waals surface area contributed by atoms with E-state index in [9.17, 15) is 0 Å². The van der Waals surface area contributed by atoms with Crippen LogP contribution in [0.25, 0.3) is 111 Å². The molecule has 2 heteroatoms. The van der Waals surface area contributed by atoms with Gasteiger partial charge in [-0.2, -0.15) is 0 Å². The molecule has 0 radical (unpaired) electrons. The summed E-state index contributed by atoms with van der Waals surface area (Å²) in [5.74, 6) is 0.694. The van der Waals surface area contributed by atoms with Gasteiger partial charge >= 0.3 is 0 Å². The molecule has 0 bridgehead atoms. The molecule has 2 nitrogen and oxygen atoms in total. The summed E-state index contributed by atoms with van der Waals surface area (Å²) in [5, 5.41) is 7.54. The lowest BCUT2D eigenvalue weighted by Gasteiger charge is -2.15. The van der Waals surface area contributed by atoms with Gasteiger partial charge in [0.15, 0.2) is 5.82 Å². The van der Waals surface area contributed by atoms with E-state index in [1.807, 2.05) is 18.2 Å². The first-order chi connectivity index (χ1) is 29.7. The Labute approximate surface area is 349 Å². The summed E-state index contributed by atoms with van der Waals surface area (Å²) >= 11 is 0. The van der Waals surface area contributed by atoms with Crippen LogP contribution in [0, 0.1) is 0 Å². The molecule has 10 aromatic carbocycles. The van der Waals surface area contributed by atoms with Crippen LogP contribution in [0.5, 0.6) is 0 Å². The van der Waals surface area contributed by atoms with E-state index in [-0.39, 0.29) is 0 Å². The molecule has 0 aliphatic rings. The van der Waals surface area contributed by atoms with E-state index in [0.717, 1.165) is 50.3 Å². The number of aromatic nitrogens is 2. The van der Waals surface area contributed by atoms with Crippen LogP contribution in [0.15, 0.2) is 231 Å². The molecular formula is C58H38N2. The lowest BCUT2D eigenvalue weighted by molar-refractivity contribution is 1.18. The predicted octanol–water partition coefficient (Wildman–Crippen LogP) is 15.6. The summed E-state index contributed by atoms with van der Waals surface area (Å²) in [6.07, 6.45) is 0. The van der Waals surface area contributed by atoms with E-state index < -0.39 is 0 Å². The van der Waals surface area contributed by atoms with Crippen LogP contribution < -0.4 is 0 Å². The Morgan fingerprint density at radius 1 is 0.233 bits per heavy atom. The molecule has 0 aliphatic heterocycles. The highest BCUT2D eigenvalue weighted by Gasteiger charge is 2.16. The fourth-order valence-electron chi connectivity index (χ4n) is 8.73. The van der Waals surface area contributed by atoms with E-state index in [0.29, 0.717) is 5.82 Å². The summed E-state index contributed by atoms with van der Waals surface area (Å²) in [4.78, 5) is 10.4. The lowest BCUT2D eigenvalue weighted by atomic mass is 9.88. The zero-order valence-corrected chi connectivity index (χ0v) is 32.8. The van der Waals surface area contributed by atoms with Gasteiger partial charge in [0.2, 0.25) is 0 Å². The highest BCUT2D eigenvalue weighted by molar-refractivity contribution is 6.20. The van der Waals surface area contributed by atoms with Crippen molar-refractivity contribution in [2.45, 2.75) is 0 Å². The standard InChI is InChI=1S/C58H38N2/c1-4-16-39(17-5-1)50-32-31-47(37-53(50)40-18-6-2-7-19-40)56-38-55(59-58(60-56)42-21-8-3-9-22-42)46-26-14-24-43(34-46)44-25-15-27-48(35-44)57-51-29-13-11-23-45(51)36-54-49-28-12-10-20-41(49)30-33-52(54)57/h1-38H. The number of hydrogen-bond acceptors (Lipinski definition) is 2. The third-order valence-electron chi connectivity index (χ3n) is 11.7. The van der Waals surface area contributed by atoms with Crippen LogP contribution in [0.4, 0.5) is 0 Å². The summed E-state index contributed by atoms with van der Waals surface area (Å²) < 4.78 is 0. The minimum absolute atomic E-state index is 0.694. The second-order valence-corrected chi connectivity index (χ2v) is 15.3. The molecule has 1 heterocycles. The lowest BCUT2D eigenvalue weighted by Crippen LogP contribution is -1.97. The predicted molar refractivity (Wildman–Crippen MR) is 253 cm³/mol. The second-order valence-electron chi connectivity index (χ2n) is 15.3. The molecule has 0 aliphatic carbocycles. The first-order valence-electron chi connectivity index (χ1n) is 20.5. The number of benzene rings is 10. The van der Waals surface area contributed by atoms with Gasteiger partial charge in [0, 0.05) is 16.7 Å². The van der Waals surface area contributed by atoms with Crippen molar-refractivity contribution in [1.82, 2.24) is 9.97 Å². The minimum atomic E-state index is 0.694. The van der Waals surface area contributed by atoms with Gasteiger partial charge in [0.25, 0.3) is 0 Å². The molecule has 0 spiro atoms. The molecule has 0 atom stereocenters. The van der Waals surface area contributed by atoms with Crippen molar-refractivity contribution in [1.29, 1.82) is 0 Å². The maximum atomic E-state index is 5.23. The smallest absolute Gasteiger partial charge is 0.160 e. The minimum Gasteiger partial charge on any atom is -0.228 e. The Kier molecular flexibility index (Phi) is 8.87. The van der Waals surface area contributed by atoms with E-state index in [1.54, 1.807) is 0 Å². The van der Waals surface area contributed by atoms with Crippen LogP contribution >= 0.6 is 0 Å². The third-order valence-corrected chi connectivity index (χ3v) is 11.7. The summed E-state index contributed by atoms with van der Waals surface area (Å²) in [6, 6.07) is 82.4. The number of fused-ring (bicyclic) bond motifs is 4. The van der Waals surface area contributed by atoms with Crippen molar-refractivity contribution in [3.05, 3.63) is 231 Å². The highest BCUT2D eigenvalue weighted by atomic mass is 14.9. The van der Waals surface area contributed by atoms with Gasteiger partial charge in [-0.3, -0.25) is 0 Å². The summed E-state index contributed by atoms with van der Waals surface area (Å²) in [7, 11) is 0. The SMILES string of the molecule is c1ccc(-c2nc(-c3cccc(-c4cccc(-c5c6ccccc6cc6c5ccc5ccccc56)c4)c3)cc(-c3ccc(-c4ccccc4)c(-c4ccccc4)c3)n2)cc1. The van der Waals surface area contributed by atoms with Crippen molar-refractivity contribution in [3.63, 3.8) is 0 Å². The molecule has 11 rings (SSSR count). The highest BCUT2D eigenvalue weighted by Crippen LogP contribution is 2.41. The monoisotopic (exact) mass is 762 g/mol. The first-order valence-corrected chi connectivity index (χ1v) is 20.5. The van der Waals surface area contributed by atoms with Crippen LogP contribution in [-0.2, 0) is 0 Å². The van der Waals surface area contributed by atoms with Crippen LogP contribution in [0.2, 0.25) is 0 Å². The van der Waals surface area contributed by atoms with Crippen LogP contribution in [0.1, 0.15) is 0 Å². The molecule has 0 unspecified atom stereocenters. The Hall–Kier alpha value is -7.94. The van der Waals surface area contributed by atoms with Gasteiger partial charge in [-0.25, -0.2) is 9.97 Å². The number of nitrogens with zero attached hydrogens (tertiary/aromatic N) is 2. The van der Waals surface area contributed by atoms with Gasteiger partial charge < -0.3 is 0 Å². The molecule has 0 amide bonds. The van der Waals surface area contributed by atoms with Crippen molar-refractivity contribution < 1.29 is 0 Å². The Morgan fingerprint density at radius 2 is 0.750 bits per heavy atom. The maximum absolute atomic E-state index is 5.23. The molecule has 0 N–H and O–H groups in total. The zero-order chi connectivity index (χ0) is 39.8. The topological polar surface area (TPSA) is 25.8 Å². The van der Waals surface area contributed by atoms with E-state index in [2.05, 4.69) is 212 Å². The maximum Gasteiger partial charge on any atom is 0.160 e. The quantitative estimate of drug-likeness (QED) is 0.119. The Bertz CT molecular complexity index is 3350. The average Bonchev–Trinajstić information content (AvgIpc) is 3.34. The summed E-state index contributed by atoms with van der Waals surface area (Å²) in [5.41, 5.74) is 14.2. The van der Waals surface area contributed by atoms with E-state index >= 15 is 0 Å². The molecule has 0 saturated carbocycles. The third kappa shape index (κ3) is 6.51. The number of rotatable bonds is 7. The molecule has 11 aromatic rings. The fourth-order valence-corrected chi connectivity index (χ4v) is 8.73. The van der Waals surface area contributed by atoms with E-state index in [1.165, 1.54) is 54.6 Å². The molecule has 60 heavy (non-hydrogen) atoms. The molecule has 0 fully saturated rings. The van der Waals surface area contributed by atoms with Gasteiger partial charge in [-0.1, -0.05) is 200 Å². The molecule has 1 aromatic heterocycles. The van der Waals surface area contributed by atoms with Gasteiger partial charge in [-0.15, -0.1) is 0 Å². The summed E-state index contributed by atoms with van der Waals surface area (Å²) in [6.45, 7) is 0.